The van der Waals surface area contributed by atoms with E-state index in [1.54, 1.807) is 24.3 Å². The predicted octanol–water partition coefficient (Wildman–Crippen LogP) is 2.86. The fourth-order valence-electron chi connectivity index (χ4n) is 1.78. The molecule has 0 aliphatic carbocycles. The number of benzene rings is 1. The van der Waals surface area contributed by atoms with Gasteiger partial charge >= 0.3 is 0 Å². The van der Waals surface area contributed by atoms with Gasteiger partial charge in [0.2, 0.25) is 10.0 Å². The first-order valence-corrected chi connectivity index (χ1v) is 8.13. The zero-order valence-corrected chi connectivity index (χ0v) is 13.0. The highest BCUT2D eigenvalue weighted by atomic mass is 32.2. The van der Waals surface area contributed by atoms with Crippen LogP contribution in [0.1, 0.15) is 34.1 Å². The Bertz CT molecular complexity index is 518. The van der Waals surface area contributed by atoms with Crippen molar-refractivity contribution in [2.75, 3.05) is 22.3 Å². The normalized spacial score (nSPS) is 12.4. The third kappa shape index (κ3) is 4.42. The average Bonchev–Trinajstić information content (AvgIpc) is 2.29. The number of anilines is 2. The molecule has 1 aromatic carbocycles. The Morgan fingerprint density at radius 3 is 2.26 bits per heavy atom. The van der Waals surface area contributed by atoms with E-state index in [4.69, 9.17) is 5.73 Å². The van der Waals surface area contributed by atoms with Gasteiger partial charge in [-0.05, 0) is 30.9 Å². The minimum Gasteiger partial charge on any atom is -0.397 e. The van der Waals surface area contributed by atoms with E-state index in [2.05, 4.69) is 0 Å². The van der Waals surface area contributed by atoms with Crippen molar-refractivity contribution >= 4 is 21.4 Å². The maximum Gasteiger partial charge on any atom is 0.235 e. The van der Waals surface area contributed by atoms with Gasteiger partial charge < -0.3 is 5.73 Å². The zero-order valence-electron chi connectivity index (χ0n) is 12.2. The zero-order chi connectivity index (χ0) is 14.7. The van der Waals surface area contributed by atoms with E-state index in [1.165, 1.54) is 4.31 Å². The lowest BCUT2D eigenvalue weighted by molar-refractivity contribution is 0.397. The maximum absolute atomic E-state index is 12.4. The van der Waals surface area contributed by atoms with E-state index in [-0.39, 0.29) is 11.2 Å². The Hall–Kier alpha value is -1.23. The number of nitrogens with two attached hydrogens (primary N) is 1. The molecule has 5 heteroatoms. The van der Waals surface area contributed by atoms with Gasteiger partial charge in [-0.15, -0.1) is 0 Å². The van der Waals surface area contributed by atoms with Crippen molar-refractivity contribution in [2.45, 2.75) is 34.1 Å². The van der Waals surface area contributed by atoms with Crippen LogP contribution < -0.4 is 10.0 Å². The molecule has 108 valence electrons. The highest BCUT2D eigenvalue weighted by Crippen LogP contribution is 2.27. The molecule has 0 aromatic heterocycles. The Balaban J connectivity index is 3.00. The molecular formula is C14H24N2O2S. The molecule has 0 bridgehead atoms. The van der Waals surface area contributed by atoms with E-state index in [0.29, 0.717) is 24.3 Å². The molecule has 0 aliphatic rings. The third-order valence-electron chi connectivity index (χ3n) is 2.94. The van der Waals surface area contributed by atoms with Gasteiger partial charge in [-0.25, -0.2) is 8.42 Å². The Morgan fingerprint density at radius 1 is 1.21 bits per heavy atom. The Morgan fingerprint density at radius 2 is 1.79 bits per heavy atom. The highest BCUT2D eigenvalue weighted by Gasteiger charge is 2.24. The largest absolute Gasteiger partial charge is 0.397 e. The topological polar surface area (TPSA) is 63.4 Å². The first-order chi connectivity index (χ1) is 8.67. The number of hydrogen-bond acceptors (Lipinski definition) is 3. The molecule has 0 spiro atoms. The second-order valence-corrected chi connectivity index (χ2v) is 7.86. The van der Waals surface area contributed by atoms with Crippen LogP contribution in [0, 0.1) is 5.41 Å². The Labute approximate surface area is 116 Å². The summed E-state index contributed by atoms with van der Waals surface area (Å²) in [6, 6.07) is 7.06. The van der Waals surface area contributed by atoms with Crippen molar-refractivity contribution in [1.82, 2.24) is 0 Å². The van der Waals surface area contributed by atoms with Crippen LogP contribution in [0.4, 0.5) is 11.4 Å². The molecular weight excluding hydrogens is 260 g/mol. The van der Waals surface area contributed by atoms with E-state index in [1.807, 2.05) is 27.7 Å². The van der Waals surface area contributed by atoms with Crippen molar-refractivity contribution in [2.24, 2.45) is 5.41 Å². The van der Waals surface area contributed by atoms with E-state index < -0.39 is 10.0 Å². The van der Waals surface area contributed by atoms with E-state index in [9.17, 15) is 8.42 Å². The minimum absolute atomic E-state index is 0.00524. The van der Waals surface area contributed by atoms with Crippen molar-refractivity contribution in [3.8, 4) is 0 Å². The second-order valence-electron chi connectivity index (χ2n) is 5.85. The summed E-state index contributed by atoms with van der Waals surface area (Å²) in [5, 5.41) is 0. The Kier molecular flexibility index (Phi) is 4.85. The number of nitrogens with zero attached hydrogens (tertiary/aromatic N) is 1. The minimum atomic E-state index is -3.33. The monoisotopic (exact) mass is 284 g/mol. The molecule has 0 fully saturated rings. The summed E-state index contributed by atoms with van der Waals surface area (Å²) < 4.78 is 26.3. The van der Waals surface area contributed by atoms with Crippen LogP contribution in [0.5, 0.6) is 0 Å². The van der Waals surface area contributed by atoms with Crippen LogP contribution in [-0.2, 0) is 10.0 Å². The van der Waals surface area contributed by atoms with Gasteiger partial charge in [0.1, 0.15) is 0 Å². The molecule has 0 saturated carbocycles. The van der Waals surface area contributed by atoms with E-state index in [0.717, 1.165) is 0 Å². The molecule has 0 saturated heterocycles. The number of hydrogen-bond donors (Lipinski definition) is 1. The smallest absolute Gasteiger partial charge is 0.235 e. The van der Waals surface area contributed by atoms with Crippen molar-refractivity contribution < 1.29 is 8.42 Å². The lowest BCUT2D eigenvalue weighted by Crippen LogP contribution is -2.34. The van der Waals surface area contributed by atoms with Gasteiger partial charge in [-0.2, -0.15) is 0 Å². The molecule has 0 unspecified atom stereocenters. The van der Waals surface area contributed by atoms with Gasteiger partial charge in [0.05, 0.1) is 17.1 Å². The van der Waals surface area contributed by atoms with Crippen LogP contribution in [0.2, 0.25) is 0 Å². The molecule has 0 aliphatic heterocycles. The molecule has 0 amide bonds. The molecule has 0 radical (unpaired) electrons. The number of para-hydroxylation sites is 2. The summed E-state index contributed by atoms with van der Waals surface area (Å²) in [5.41, 5.74) is 6.92. The van der Waals surface area contributed by atoms with Crippen LogP contribution >= 0.6 is 0 Å². The van der Waals surface area contributed by atoms with Gasteiger partial charge in [0, 0.05) is 6.54 Å². The SMILES string of the molecule is CCN(c1ccccc1N)S(=O)(=O)CCC(C)(C)C. The van der Waals surface area contributed by atoms with E-state index >= 15 is 0 Å². The molecule has 4 nitrogen and oxygen atoms in total. The van der Waals surface area contributed by atoms with Crippen LogP contribution in [0.15, 0.2) is 24.3 Å². The van der Waals surface area contributed by atoms with Gasteiger partial charge in [0.25, 0.3) is 0 Å². The molecule has 0 heterocycles. The average molecular weight is 284 g/mol. The number of nitrogen functional groups attached to an aromatic ring is 1. The highest BCUT2D eigenvalue weighted by molar-refractivity contribution is 7.92. The maximum atomic E-state index is 12.4. The summed E-state index contributed by atoms with van der Waals surface area (Å²) in [6.45, 7) is 8.32. The summed E-state index contributed by atoms with van der Waals surface area (Å²) in [6.07, 6.45) is 0.624. The van der Waals surface area contributed by atoms with Crippen LogP contribution in [-0.4, -0.2) is 20.7 Å². The quantitative estimate of drug-likeness (QED) is 0.846. The van der Waals surface area contributed by atoms with Crippen molar-refractivity contribution in [1.29, 1.82) is 0 Å². The van der Waals surface area contributed by atoms with Crippen LogP contribution in [0.3, 0.4) is 0 Å². The summed E-state index contributed by atoms with van der Waals surface area (Å²) in [4.78, 5) is 0. The standard InChI is InChI=1S/C14H24N2O2S/c1-5-16(13-9-7-6-8-12(13)15)19(17,18)11-10-14(2,3)4/h6-9H,5,10-11,15H2,1-4H3. The first kappa shape index (κ1) is 15.8. The third-order valence-corrected chi connectivity index (χ3v) is 4.78. The number of sulfonamides is 1. The van der Waals surface area contributed by atoms with Gasteiger partial charge in [0.15, 0.2) is 0 Å². The second kappa shape index (κ2) is 5.82. The first-order valence-electron chi connectivity index (χ1n) is 6.52. The molecule has 2 N–H and O–H groups in total. The molecule has 1 aromatic rings. The summed E-state index contributed by atoms with van der Waals surface area (Å²) >= 11 is 0. The summed E-state index contributed by atoms with van der Waals surface area (Å²) in [5.74, 6) is 0.138. The fraction of sp³-hybridized carbons (Fsp3) is 0.571. The molecule has 0 atom stereocenters. The number of rotatable bonds is 5. The van der Waals surface area contributed by atoms with Gasteiger partial charge in [-0.3, -0.25) is 4.31 Å². The lowest BCUT2D eigenvalue weighted by atomic mass is 9.94. The van der Waals surface area contributed by atoms with Crippen molar-refractivity contribution in [3.05, 3.63) is 24.3 Å². The fourth-order valence-corrected chi connectivity index (χ4v) is 3.73. The molecule has 1 rings (SSSR count). The summed E-state index contributed by atoms with van der Waals surface area (Å²) in [7, 11) is -3.33. The lowest BCUT2D eigenvalue weighted by Gasteiger charge is -2.26. The predicted molar refractivity (Wildman–Crippen MR) is 81.7 cm³/mol. The van der Waals surface area contributed by atoms with Gasteiger partial charge in [-0.1, -0.05) is 32.9 Å². The molecule has 19 heavy (non-hydrogen) atoms. The van der Waals surface area contributed by atoms with Crippen molar-refractivity contribution in [3.63, 3.8) is 0 Å². The van der Waals surface area contributed by atoms with Crippen LogP contribution in [0.25, 0.3) is 0 Å².